The van der Waals surface area contributed by atoms with Crippen LogP contribution in [0.2, 0.25) is 0 Å². The Bertz CT molecular complexity index is 416. The van der Waals surface area contributed by atoms with E-state index < -0.39 is 13.7 Å². The Morgan fingerprint density at radius 3 is 1.17 bits per heavy atom. The van der Waals surface area contributed by atoms with Crippen molar-refractivity contribution in [3.63, 3.8) is 0 Å². The van der Waals surface area contributed by atoms with Crippen LogP contribution in [0, 0.1) is 13.7 Å². The highest BCUT2D eigenvalue weighted by atomic mass is 79.9. The van der Waals surface area contributed by atoms with Gasteiger partial charge in [0.1, 0.15) is 0 Å². The van der Waals surface area contributed by atoms with Gasteiger partial charge < -0.3 is 0 Å². The molecule has 0 fully saturated rings. The molecule has 1 aromatic carbocycles. The Morgan fingerprint density at radius 2 is 1.00 bits per heavy atom. The average Bonchev–Trinajstić information content (AvgIpc) is 2.10. The van der Waals surface area contributed by atoms with Crippen LogP contribution >= 0.6 is 63.7 Å². The van der Waals surface area contributed by atoms with E-state index in [4.69, 9.17) is 8.22 Å². The van der Waals surface area contributed by atoms with E-state index in [9.17, 15) is 0 Å². The first-order chi connectivity index (χ1) is 7.89. The molecule has 1 rings (SSSR count). The van der Waals surface area contributed by atoms with Gasteiger partial charge in [-0.05, 0) is 88.6 Å². The summed E-state index contributed by atoms with van der Waals surface area (Å²) in [7, 11) is 0. The monoisotopic (exact) mass is 424 g/mol. The second kappa shape index (κ2) is 4.11. The minimum Gasteiger partial charge on any atom is -0.0493 e. The fourth-order valence-corrected chi connectivity index (χ4v) is 2.75. The van der Waals surface area contributed by atoms with Gasteiger partial charge in [-0.25, -0.2) is 0 Å². The van der Waals surface area contributed by atoms with Crippen molar-refractivity contribution in [3.05, 3.63) is 29.0 Å². The van der Waals surface area contributed by atoms with Crippen LogP contribution in [0.1, 0.15) is 19.4 Å². The van der Waals surface area contributed by atoms with Gasteiger partial charge in [0.25, 0.3) is 0 Å². The molecule has 66 valence electrons. The molecule has 0 saturated heterocycles. The highest BCUT2D eigenvalue weighted by Crippen LogP contribution is 2.40. The first-order valence-corrected chi connectivity index (χ1v) is 5.93. The highest BCUT2D eigenvalue weighted by Gasteiger charge is 2.12. The summed E-state index contributed by atoms with van der Waals surface area (Å²) in [6.45, 7) is -4.73. The molecule has 0 radical (unpaired) electrons. The summed E-state index contributed by atoms with van der Waals surface area (Å²) in [5.74, 6) is 0. The van der Waals surface area contributed by atoms with Gasteiger partial charge in [0.2, 0.25) is 0 Å². The van der Waals surface area contributed by atoms with Crippen LogP contribution in [-0.4, -0.2) is 0 Å². The second-order valence-electron chi connectivity index (χ2n) is 2.01. The van der Waals surface area contributed by atoms with E-state index in [1.54, 1.807) is 0 Å². The van der Waals surface area contributed by atoms with Crippen molar-refractivity contribution in [2.75, 3.05) is 0 Å². The summed E-state index contributed by atoms with van der Waals surface area (Å²) < 4.78 is 45.6. The fraction of sp³-hybridized carbons (Fsp3) is 0.250. The Morgan fingerprint density at radius 1 is 0.750 bits per heavy atom. The molecule has 0 aliphatic heterocycles. The predicted molar refractivity (Wildman–Crippen MR) is 66.7 cm³/mol. The topological polar surface area (TPSA) is 0 Å². The molecule has 0 N–H and O–H groups in total. The van der Waals surface area contributed by atoms with E-state index in [0.29, 0.717) is 0 Å². The van der Waals surface area contributed by atoms with Crippen molar-refractivity contribution in [1.82, 2.24) is 0 Å². The first kappa shape index (κ1) is 5.29. The maximum absolute atomic E-state index is 7.47. The summed E-state index contributed by atoms with van der Waals surface area (Å²) in [4.78, 5) is 0. The van der Waals surface area contributed by atoms with Gasteiger partial charge in [0.05, 0.1) is 0 Å². The SMILES string of the molecule is [2H]C([2H])([2H])c1c(Br)c(Br)c(C([2H])([2H])[2H])c(Br)c1Br. The summed E-state index contributed by atoms with van der Waals surface area (Å²) in [5.41, 5.74) is 0.0449. The molecule has 0 bridgehead atoms. The van der Waals surface area contributed by atoms with Crippen molar-refractivity contribution < 1.29 is 8.22 Å². The lowest BCUT2D eigenvalue weighted by molar-refractivity contribution is 1.28. The largest absolute Gasteiger partial charge is 0.0493 e. The molecule has 0 amide bonds. The molecular weight excluding hydrogens is 416 g/mol. The third-order valence-corrected chi connectivity index (χ3v) is 5.50. The quantitative estimate of drug-likeness (QED) is 0.489. The zero-order valence-corrected chi connectivity index (χ0v) is 11.9. The van der Waals surface area contributed by atoms with E-state index in [0.717, 1.165) is 0 Å². The van der Waals surface area contributed by atoms with Crippen molar-refractivity contribution in [1.29, 1.82) is 0 Å². The number of hydrogen-bond donors (Lipinski definition) is 0. The Balaban J connectivity index is 3.79. The zero-order chi connectivity index (χ0) is 14.5. The van der Waals surface area contributed by atoms with Crippen molar-refractivity contribution in [2.45, 2.75) is 13.7 Å². The van der Waals surface area contributed by atoms with E-state index in [2.05, 4.69) is 63.7 Å². The Labute approximate surface area is 114 Å². The zero-order valence-electron chi connectivity index (χ0n) is 11.5. The molecule has 0 saturated carbocycles. The van der Waals surface area contributed by atoms with Gasteiger partial charge in [-0.3, -0.25) is 0 Å². The fourth-order valence-electron chi connectivity index (χ4n) is 0.632. The van der Waals surface area contributed by atoms with Crippen molar-refractivity contribution in [3.8, 4) is 0 Å². The molecule has 1 aromatic rings. The van der Waals surface area contributed by atoms with Crippen LogP contribution in [0.4, 0.5) is 0 Å². The average molecular weight is 428 g/mol. The van der Waals surface area contributed by atoms with Crippen LogP contribution in [0.5, 0.6) is 0 Å². The van der Waals surface area contributed by atoms with Gasteiger partial charge in [-0.2, -0.15) is 0 Å². The van der Waals surface area contributed by atoms with Crippen LogP contribution < -0.4 is 0 Å². The standard InChI is InChI=1S/C8H6Br4/c1-3-5(9)7(11)4(2)8(12)6(3)10/h1-2H3/i1D3,2D3. The van der Waals surface area contributed by atoms with E-state index in [1.165, 1.54) is 0 Å². The van der Waals surface area contributed by atoms with Crippen molar-refractivity contribution >= 4 is 63.7 Å². The van der Waals surface area contributed by atoms with Gasteiger partial charge in [0, 0.05) is 26.1 Å². The van der Waals surface area contributed by atoms with Crippen LogP contribution in [-0.2, 0) is 0 Å². The lowest BCUT2D eigenvalue weighted by Crippen LogP contribution is -1.87. The Kier molecular flexibility index (Phi) is 1.81. The maximum Gasteiger partial charge on any atom is 0.0361 e. The smallest absolute Gasteiger partial charge is 0.0361 e. The minimum absolute atomic E-state index is 0.0225. The lowest BCUT2D eigenvalue weighted by Gasteiger charge is -2.10. The van der Waals surface area contributed by atoms with Crippen molar-refractivity contribution in [2.24, 2.45) is 0 Å². The number of rotatable bonds is 0. The molecule has 0 aliphatic rings. The molecule has 0 nitrogen and oxygen atoms in total. The maximum atomic E-state index is 7.47. The van der Waals surface area contributed by atoms with E-state index in [1.807, 2.05) is 0 Å². The van der Waals surface area contributed by atoms with Gasteiger partial charge >= 0.3 is 0 Å². The molecule has 0 heterocycles. The third-order valence-electron chi connectivity index (χ3n) is 1.26. The Hall–Kier alpha value is 1.14. The normalized spacial score (nSPS) is 20.0. The van der Waals surface area contributed by atoms with E-state index >= 15 is 0 Å². The van der Waals surface area contributed by atoms with Crippen LogP contribution in [0.3, 0.4) is 0 Å². The molecule has 0 aliphatic carbocycles. The summed E-state index contributed by atoms with van der Waals surface area (Å²) in [6, 6.07) is 0. The minimum atomic E-state index is -2.37. The van der Waals surface area contributed by atoms with Gasteiger partial charge in [-0.1, -0.05) is 0 Å². The molecular formula is C8H6Br4. The lowest BCUT2D eigenvalue weighted by atomic mass is 10.2. The van der Waals surface area contributed by atoms with Gasteiger partial charge in [0.15, 0.2) is 0 Å². The summed E-state index contributed by atoms with van der Waals surface area (Å²) in [5, 5.41) is 0. The first-order valence-electron chi connectivity index (χ1n) is 5.76. The molecule has 12 heavy (non-hydrogen) atoms. The molecule has 0 spiro atoms. The van der Waals surface area contributed by atoms with Gasteiger partial charge in [-0.15, -0.1) is 0 Å². The molecule has 4 heteroatoms. The number of benzene rings is 1. The van der Waals surface area contributed by atoms with E-state index in [-0.39, 0.29) is 29.0 Å². The van der Waals surface area contributed by atoms with Crippen LogP contribution in [0.15, 0.2) is 17.9 Å². The van der Waals surface area contributed by atoms with Crippen LogP contribution in [0.25, 0.3) is 0 Å². The number of hydrogen-bond acceptors (Lipinski definition) is 0. The molecule has 0 atom stereocenters. The third kappa shape index (κ3) is 1.81. The number of halogens is 4. The highest BCUT2D eigenvalue weighted by molar-refractivity contribution is 9.14. The predicted octanol–water partition coefficient (Wildman–Crippen LogP) is 5.35. The molecule has 0 unspecified atom stereocenters. The molecule has 0 aromatic heterocycles. The summed E-state index contributed by atoms with van der Waals surface area (Å²) >= 11 is 12.5. The summed E-state index contributed by atoms with van der Waals surface area (Å²) in [6.07, 6.45) is 0. The second-order valence-corrected chi connectivity index (χ2v) is 5.18.